The Morgan fingerprint density at radius 3 is 2.73 bits per heavy atom. The fraction of sp³-hybridized carbons (Fsp3) is 0.462. The van der Waals surface area contributed by atoms with E-state index in [1.165, 1.54) is 0 Å². The van der Waals surface area contributed by atoms with Gasteiger partial charge in [-0.15, -0.1) is 12.4 Å². The fourth-order valence-electron chi connectivity index (χ4n) is 2.61. The highest BCUT2D eigenvalue weighted by Crippen LogP contribution is 2.32. The average Bonchev–Trinajstić information content (AvgIpc) is 2.81. The maximum absolute atomic E-state index is 13.5. The lowest BCUT2D eigenvalue weighted by molar-refractivity contribution is -0.385. The predicted octanol–water partition coefficient (Wildman–Crippen LogP) is 2.73. The Morgan fingerprint density at radius 2 is 2.23 bits per heavy atom. The highest BCUT2D eigenvalue weighted by atomic mass is 79.9. The van der Waals surface area contributed by atoms with E-state index < -0.39 is 22.3 Å². The van der Waals surface area contributed by atoms with Gasteiger partial charge in [0.15, 0.2) is 0 Å². The lowest BCUT2D eigenvalue weighted by atomic mass is 10.1. The molecule has 2 N–H and O–H groups in total. The second-order valence-electron chi connectivity index (χ2n) is 5.19. The summed E-state index contributed by atoms with van der Waals surface area (Å²) in [5.74, 6) is -1.03. The van der Waals surface area contributed by atoms with Crippen molar-refractivity contribution in [1.29, 1.82) is 0 Å². The first-order valence-corrected chi connectivity index (χ1v) is 7.29. The van der Waals surface area contributed by atoms with Crippen molar-refractivity contribution >= 4 is 39.9 Å². The minimum atomic E-state index is -0.810. The summed E-state index contributed by atoms with van der Waals surface area (Å²) < 4.78 is 13.5. The second-order valence-corrected chi connectivity index (χ2v) is 5.98. The molecule has 1 aliphatic rings. The largest absolute Gasteiger partial charge is 0.336 e. The van der Waals surface area contributed by atoms with Gasteiger partial charge in [0.25, 0.3) is 11.6 Å². The molecule has 1 aliphatic heterocycles. The quantitative estimate of drug-likeness (QED) is 0.628. The molecule has 0 aliphatic carbocycles. The number of nitrogens with two attached hydrogens (primary N) is 1. The van der Waals surface area contributed by atoms with Crippen molar-refractivity contribution in [2.45, 2.75) is 19.4 Å². The number of nitrogens with zero attached hydrogens (tertiary/aromatic N) is 2. The minimum absolute atomic E-state index is 0. The first kappa shape index (κ1) is 18.8. The van der Waals surface area contributed by atoms with E-state index in [4.69, 9.17) is 5.73 Å². The zero-order valence-electron chi connectivity index (χ0n) is 11.8. The van der Waals surface area contributed by atoms with E-state index in [9.17, 15) is 19.3 Å². The van der Waals surface area contributed by atoms with Gasteiger partial charge in [-0.25, -0.2) is 4.39 Å². The molecule has 0 spiro atoms. The lowest BCUT2D eigenvalue weighted by Gasteiger charge is -2.22. The van der Waals surface area contributed by atoms with Crippen molar-refractivity contribution < 1.29 is 14.1 Å². The molecule has 1 amide bonds. The van der Waals surface area contributed by atoms with Gasteiger partial charge in [-0.3, -0.25) is 14.9 Å². The molecule has 0 aromatic heterocycles. The molecule has 2 rings (SSSR count). The van der Waals surface area contributed by atoms with E-state index >= 15 is 0 Å². The number of carbonyl (C=O) groups is 1. The Labute approximate surface area is 141 Å². The van der Waals surface area contributed by atoms with E-state index in [1.807, 2.05) is 6.92 Å². The van der Waals surface area contributed by atoms with E-state index in [0.29, 0.717) is 13.1 Å². The highest BCUT2D eigenvalue weighted by Gasteiger charge is 2.34. The third-order valence-electron chi connectivity index (χ3n) is 3.70. The van der Waals surface area contributed by atoms with Crippen LogP contribution in [0.5, 0.6) is 0 Å². The van der Waals surface area contributed by atoms with E-state index in [2.05, 4.69) is 15.9 Å². The molecule has 1 aromatic rings. The highest BCUT2D eigenvalue weighted by molar-refractivity contribution is 9.10. The predicted molar refractivity (Wildman–Crippen MR) is 85.7 cm³/mol. The molecule has 1 heterocycles. The van der Waals surface area contributed by atoms with Crippen LogP contribution >= 0.6 is 28.3 Å². The van der Waals surface area contributed by atoms with Crippen LogP contribution in [-0.4, -0.2) is 34.9 Å². The molecule has 0 radical (unpaired) electrons. The van der Waals surface area contributed by atoms with Gasteiger partial charge in [0.2, 0.25) is 0 Å². The van der Waals surface area contributed by atoms with Crippen molar-refractivity contribution in [3.05, 3.63) is 38.1 Å². The van der Waals surface area contributed by atoms with Crippen molar-refractivity contribution in [3.63, 3.8) is 0 Å². The Bertz CT molecular complexity index is 602. The van der Waals surface area contributed by atoms with Crippen LogP contribution in [0.15, 0.2) is 16.6 Å². The average molecular weight is 397 g/mol. The first-order chi connectivity index (χ1) is 9.85. The summed E-state index contributed by atoms with van der Waals surface area (Å²) in [5.41, 5.74) is 5.12. The van der Waals surface area contributed by atoms with Gasteiger partial charge in [-0.1, -0.05) is 0 Å². The molecule has 1 fully saturated rings. The summed E-state index contributed by atoms with van der Waals surface area (Å²) in [6.45, 7) is 2.83. The zero-order valence-corrected chi connectivity index (χ0v) is 14.2. The monoisotopic (exact) mass is 395 g/mol. The third kappa shape index (κ3) is 3.56. The molecule has 1 aromatic carbocycles. The van der Waals surface area contributed by atoms with E-state index in [0.717, 1.165) is 18.6 Å². The van der Waals surface area contributed by atoms with Gasteiger partial charge < -0.3 is 10.6 Å². The van der Waals surface area contributed by atoms with Gasteiger partial charge in [-0.05, 0) is 47.8 Å². The van der Waals surface area contributed by atoms with Crippen LogP contribution in [0.4, 0.5) is 10.1 Å². The Kier molecular flexibility index (Phi) is 6.27. The van der Waals surface area contributed by atoms with Crippen LogP contribution < -0.4 is 5.73 Å². The molecular weight excluding hydrogens is 381 g/mol. The van der Waals surface area contributed by atoms with Crippen molar-refractivity contribution in [3.8, 4) is 0 Å². The molecular formula is C13H16BrClFN3O3. The molecule has 22 heavy (non-hydrogen) atoms. The number of rotatable bonds is 3. The van der Waals surface area contributed by atoms with Crippen LogP contribution in [-0.2, 0) is 0 Å². The van der Waals surface area contributed by atoms with Crippen LogP contribution in [0.25, 0.3) is 0 Å². The Hall–Kier alpha value is -1.25. The van der Waals surface area contributed by atoms with Gasteiger partial charge >= 0.3 is 0 Å². The van der Waals surface area contributed by atoms with Gasteiger partial charge in [0.05, 0.1) is 16.6 Å². The number of halogens is 3. The molecule has 122 valence electrons. The van der Waals surface area contributed by atoms with E-state index in [1.54, 1.807) is 4.90 Å². The van der Waals surface area contributed by atoms with Gasteiger partial charge in [0, 0.05) is 12.6 Å². The molecule has 6 nitrogen and oxygen atoms in total. The Morgan fingerprint density at radius 1 is 1.59 bits per heavy atom. The number of benzene rings is 1. The molecule has 2 unspecified atom stereocenters. The normalized spacial score (nSPS) is 20.6. The van der Waals surface area contributed by atoms with Crippen molar-refractivity contribution in [2.75, 3.05) is 13.1 Å². The summed E-state index contributed by atoms with van der Waals surface area (Å²) in [6.07, 6.45) is 0.775. The number of nitro benzene ring substituents is 1. The lowest BCUT2D eigenvalue weighted by Crippen LogP contribution is -2.34. The van der Waals surface area contributed by atoms with Crippen LogP contribution in [0.2, 0.25) is 0 Å². The zero-order chi connectivity index (χ0) is 15.7. The molecule has 9 heteroatoms. The van der Waals surface area contributed by atoms with Gasteiger partial charge in [-0.2, -0.15) is 0 Å². The summed E-state index contributed by atoms with van der Waals surface area (Å²) in [6, 6.07) is 1.78. The second kappa shape index (κ2) is 7.34. The van der Waals surface area contributed by atoms with Crippen molar-refractivity contribution in [1.82, 2.24) is 4.90 Å². The van der Waals surface area contributed by atoms with E-state index in [-0.39, 0.29) is 34.4 Å². The summed E-state index contributed by atoms with van der Waals surface area (Å²) in [7, 11) is 0. The van der Waals surface area contributed by atoms with Crippen molar-refractivity contribution in [2.24, 2.45) is 11.7 Å². The molecule has 1 saturated heterocycles. The molecule has 2 atom stereocenters. The SMILES string of the molecule is CC1CC(CN)CN1C(=O)c1cc(F)cc([N+](=O)[O-])c1Br.Cl. The number of hydrogen-bond donors (Lipinski definition) is 1. The smallest absolute Gasteiger partial charge is 0.287 e. The maximum atomic E-state index is 13.5. The number of carbonyl (C=O) groups excluding carboxylic acids is 1. The number of likely N-dealkylation sites (tertiary alicyclic amines) is 1. The Balaban J connectivity index is 0.00000242. The summed E-state index contributed by atoms with van der Waals surface area (Å²) in [4.78, 5) is 24.3. The number of nitro groups is 1. The first-order valence-electron chi connectivity index (χ1n) is 6.49. The maximum Gasteiger partial charge on any atom is 0.287 e. The molecule has 0 bridgehead atoms. The minimum Gasteiger partial charge on any atom is -0.336 e. The fourth-order valence-corrected chi connectivity index (χ4v) is 3.16. The topological polar surface area (TPSA) is 89.5 Å². The van der Waals surface area contributed by atoms with Gasteiger partial charge in [0.1, 0.15) is 10.3 Å². The molecule has 0 saturated carbocycles. The standard InChI is InChI=1S/C13H15BrFN3O3.ClH/c1-7-2-8(5-16)6-17(7)13(19)10-3-9(15)4-11(12(10)14)18(20)21;/h3-4,7-8H,2,5-6,16H2,1H3;1H. The number of hydrogen-bond acceptors (Lipinski definition) is 4. The third-order valence-corrected chi connectivity index (χ3v) is 4.53. The summed E-state index contributed by atoms with van der Waals surface area (Å²) in [5, 5.41) is 10.9. The summed E-state index contributed by atoms with van der Waals surface area (Å²) >= 11 is 3.04. The van der Waals surface area contributed by atoms with Crippen LogP contribution in [0, 0.1) is 21.8 Å². The number of amides is 1. The van der Waals surface area contributed by atoms with Crippen LogP contribution in [0.3, 0.4) is 0 Å². The van der Waals surface area contributed by atoms with Crippen LogP contribution in [0.1, 0.15) is 23.7 Å².